The van der Waals surface area contributed by atoms with E-state index in [-0.39, 0.29) is 0 Å². The fourth-order valence-electron chi connectivity index (χ4n) is 2.32. The van der Waals surface area contributed by atoms with Crippen LogP contribution < -0.4 is 10.6 Å². The fraction of sp³-hybridized carbons (Fsp3) is 0.571. The van der Waals surface area contributed by atoms with Gasteiger partial charge in [0.05, 0.1) is 6.61 Å². The number of hydrogen-bond acceptors (Lipinski definition) is 4. The molecule has 0 saturated carbocycles. The Morgan fingerprint density at radius 1 is 1.33 bits per heavy atom. The number of rotatable bonds is 5. The summed E-state index contributed by atoms with van der Waals surface area (Å²) in [4.78, 5) is 6.89. The Bertz CT molecular complexity index is 353. The Balaban J connectivity index is 1.85. The van der Waals surface area contributed by atoms with Crippen molar-refractivity contribution in [2.24, 2.45) is 5.90 Å². The molecule has 1 atom stereocenters. The second-order valence-corrected chi connectivity index (χ2v) is 4.91. The van der Waals surface area contributed by atoms with E-state index in [9.17, 15) is 0 Å². The first kappa shape index (κ1) is 13.3. The van der Waals surface area contributed by atoms with Gasteiger partial charge in [0.15, 0.2) is 0 Å². The first-order valence-electron chi connectivity index (χ1n) is 6.54. The van der Waals surface area contributed by atoms with Gasteiger partial charge in [-0.25, -0.2) is 5.90 Å². The van der Waals surface area contributed by atoms with Gasteiger partial charge in [0.1, 0.15) is 11.9 Å². The number of nitrogens with zero attached hydrogens (tertiary/aromatic N) is 1. The number of likely N-dealkylation sites (N-methyl/N-ethyl adjacent to an activating group) is 1. The Morgan fingerprint density at radius 2 is 2.11 bits per heavy atom. The number of likely N-dealkylation sites (tertiary alicyclic amines) is 1. The van der Waals surface area contributed by atoms with Gasteiger partial charge in [-0.05, 0) is 50.6 Å². The van der Waals surface area contributed by atoms with Crippen LogP contribution in [0.3, 0.4) is 0 Å². The normalized spacial score (nSPS) is 20.9. The summed E-state index contributed by atoms with van der Waals surface area (Å²) in [7, 11) is 2.14. The monoisotopic (exact) mass is 250 g/mol. The van der Waals surface area contributed by atoms with E-state index in [0.717, 1.165) is 25.1 Å². The third kappa shape index (κ3) is 3.98. The third-order valence-corrected chi connectivity index (χ3v) is 3.32. The molecule has 1 aliphatic rings. The van der Waals surface area contributed by atoms with Crippen molar-refractivity contribution in [1.29, 1.82) is 0 Å². The summed E-state index contributed by atoms with van der Waals surface area (Å²) in [6, 6.07) is 8.20. The molecule has 1 fully saturated rings. The maximum absolute atomic E-state index is 5.99. The van der Waals surface area contributed by atoms with Gasteiger partial charge in [0.25, 0.3) is 0 Å². The highest BCUT2D eigenvalue weighted by Crippen LogP contribution is 2.18. The number of hydrogen-bond donors (Lipinski definition) is 1. The van der Waals surface area contributed by atoms with Crippen molar-refractivity contribution in [2.75, 3.05) is 26.7 Å². The molecule has 18 heavy (non-hydrogen) atoms. The minimum absolute atomic E-state index is 0.321. The molecule has 2 rings (SSSR count). The van der Waals surface area contributed by atoms with E-state index < -0.39 is 0 Å². The maximum Gasteiger partial charge on any atom is 0.119 e. The lowest BCUT2D eigenvalue weighted by Crippen LogP contribution is -2.38. The van der Waals surface area contributed by atoms with Crippen molar-refractivity contribution in [3.05, 3.63) is 29.8 Å². The van der Waals surface area contributed by atoms with E-state index in [0.29, 0.717) is 12.7 Å². The van der Waals surface area contributed by atoms with E-state index in [1.54, 1.807) is 0 Å². The average Bonchev–Trinajstić information content (AvgIpc) is 2.38. The van der Waals surface area contributed by atoms with Crippen LogP contribution in [0.25, 0.3) is 0 Å². The van der Waals surface area contributed by atoms with Gasteiger partial charge >= 0.3 is 0 Å². The van der Waals surface area contributed by atoms with E-state index in [1.807, 2.05) is 12.1 Å². The van der Waals surface area contributed by atoms with Crippen LogP contribution in [0.2, 0.25) is 0 Å². The molecule has 0 bridgehead atoms. The molecule has 1 heterocycles. The third-order valence-electron chi connectivity index (χ3n) is 3.32. The van der Waals surface area contributed by atoms with Crippen molar-refractivity contribution >= 4 is 0 Å². The quantitative estimate of drug-likeness (QED) is 0.806. The summed E-state index contributed by atoms with van der Waals surface area (Å²) in [5, 5.41) is 0. The van der Waals surface area contributed by atoms with Crippen LogP contribution in [0.5, 0.6) is 5.75 Å². The van der Waals surface area contributed by atoms with Gasteiger partial charge in [-0.1, -0.05) is 12.1 Å². The lowest BCUT2D eigenvalue weighted by Gasteiger charge is -2.30. The van der Waals surface area contributed by atoms with Crippen LogP contribution in [-0.2, 0) is 11.3 Å². The van der Waals surface area contributed by atoms with Crippen LogP contribution in [-0.4, -0.2) is 37.7 Å². The Labute approximate surface area is 109 Å². The van der Waals surface area contributed by atoms with Gasteiger partial charge in [-0.15, -0.1) is 0 Å². The molecule has 100 valence electrons. The minimum atomic E-state index is 0.321. The van der Waals surface area contributed by atoms with Crippen molar-refractivity contribution in [3.8, 4) is 5.75 Å². The Kier molecular flexibility index (Phi) is 4.99. The number of ether oxygens (including phenoxy) is 1. The second kappa shape index (κ2) is 6.73. The molecule has 0 amide bonds. The van der Waals surface area contributed by atoms with Crippen molar-refractivity contribution in [1.82, 2.24) is 4.90 Å². The topological polar surface area (TPSA) is 47.7 Å². The fourth-order valence-corrected chi connectivity index (χ4v) is 2.32. The number of benzene rings is 1. The molecule has 1 aromatic carbocycles. The SMILES string of the molecule is CN1CCCC(Oc2ccc(CCON)cc2)C1. The summed E-state index contributed by atoms with van der Waals surface area (Å²) in [5.41, 5.74) is 1.22. The highest BCUT2D eigenvalue weighted by molar-refractivity contribution is 5.27. The molecule has 4 heteroatoms. The lowest BCUT2D eigenvalue weighted by molar-refractivity contribution is 0.104. The standard InChI is InChI=1S/C14H22N2O2/c1-16-9-2-3-14(11-16)18-13-6-4-12(5-7-13)8-10-17-15/h4-7,14H,2-3,8-11,15H2,1H3. The Morgan fingerprint density at radius 3 is 2.78 bits per heavy atom. The molecule has 0 aromatic heterocycles. The second-order valence-electron chi connectivity index (χ2n) is 4.91. The zero-order valence-electron chi connectivity index (χ0n) is 11.0. The minimum Gasteiger partial charge on any atom is -0.489 e. The van der Waals surface area contributed by atoms with E-state index >= 15 is 0 Å². The van der Waals surface area contributed by atoms with Crippen molar-refractivity contribution < 1.29 is 9.57 Å². The summed E-state index contributed by atoms with van der Waals surface area (Å²) < 4.78 is 5.99. The molecule has 0 aliphatic carbocycles. The predicted molar refractivity (Wildman–Crippen MR) is 71.4 cm³/mol. The largest absolute Gasteiger partial charge is 0.489 e. The zero-order valence-corrected chi connectivity index (χ0v) is 11.0. The van der Waals surface area contributed by atoms with Crippen LogP contribution in [0, 0.1) is 0 Å². The highest BCUT2D eigenvalue weighted by Gasteiger charge is 2.18. The lowest BCUT2D eigenvalue weighted by atomic mass is 10.1. The van der Waals surface area contributed by atoms with Gasteiger partial charge in [-0.2, -0.15) is 0 Å². The molecule has 1 aliphatic heterocycles. The van der Waals surface area contributed by atoms with Crippen LogP contribution in [0.1, 0.15) is 18.4 Å². The zero-order chi connectivity index (χ0) is 12.8. The van der Waals surface area contributed by atoms with Crippen molar-refractivity contribution in [2.45, 2.75) is 25.4 Å². The van der Waals surface area contributed by atoms with Gasteiger partial charge in [0.2, 0.25) is 0 Å². The molecular formula is C14H22N2O2. The summed E-state index contributed by atoms with van der Waals surface area (Å²) >= 11 is 0. The molecule has 4 nitrogen and oxygen atoms in total. The van der Waals surface area contributed by atoms with Gasteiger partial charge < -0.3 is 14.5 Å². The molecule has 1 aromatic rings. The van der Waals surface area contributed by atoms with Gasteiger partial charge in [0, 0.05) is 6.54 Å². The first-order valence-corrected chi connectivity index (χ1v) is 6.54. The first-order chi connectivity index (χ1) is 8.78. The molecule has 2 N–H and O–H groups in total. The number of piperidine rings is 1. The molecular weight excluding hydrogens is 228 g/mol. The smallest absolute Gasteiger partial charge is 0.119 e. The molecule has 1 saturated heterocycles. The van der Waals surface area contributed by atoms with Gasteiger partial charge in [-0.3, -0.25) is 0 Å². The average molecular weight is 250 g/mol. The van der Waals surface area contributed by atoms with Crippen LogP contribution in [0.15, 0.2) is 24.3 Å². The van der Waals surface area contributed by atoms with E-state index in [1.165, 1.54) is 18.5 Å². The van der Waals surface area contributed by atoms with E-state index in [4.69, 9.17) is 10.6 Å². The Hall–Kier alpha value is -1.10. The van der Waals surface area contributed by atoms with E-state index in [2.05, 4.69) is 28.9 Å². The summed E-state index contributed by atoms with van der Waals surface area (Å²) in [6.07, 6.45) is 3.52. The molecule has 0 spiro atoms. The maximum atomic E-state index is 5.99. The molecule has 0 radical (unpaired) electrons. The predicted octanol–water partition coefficient (Wildman–Crippen LogP) is 1.59. The summed E-state index contributed by atoms with van der Waals surface area (Å²) in [5.74, 6) is 5.97. The highest BCUT2D eigenvalue weighted by atomic mass is 16.6. The van der Waals surface area contributed by atoms with Crippen molar-refractivity contribution in [3.63, 3.8) is 0 Å². The van der Waals surface area contributed by atoms with Crippen LogP contribution in [0.4, 0.5) is 0 Å². The summed E-state index contributed by atoms with van der Waals surface area (Å²) in [6.45, 7) is 2.74. The molecule has 1 unspecified atom stereocenters. The number of nitrogens with two attached hydrogens (primary N) is 1. The van der Waals surface area contributed by atoms with Crippen LogP contribution >= 0.6 is 0 Å².